The molecule has 0 unspecified atom stereocenters. The summed E-state index contributed by atoms with van der Waals surface area (Å²) in [5.41, 5.74) is 3.87. The molecule has 0 aliphatic carbocycles. The number of hydrogen-bond acceptors (Lipinski definition) is 3. The number of ether oxygens (including phenoxy) is 1. The molecule has 4 rings (SSSR count). The second-order valence-corrected chi connectivity index (χ2v) is 6.59. The number of nitrogens with zero attached hydrogens (tertiary/aromatic N) is 3. The summed E-state index contributed by atoms with van der Waals surface area (Å²) >= 11 is 0. The van der Waals surface area contributed by atoms with Crippen LogP contribution in [0.2, 0.25) is 0 Å². The number of imidazole rings is 1. The molecule has 4 heteroatoms. The van der Waals surface area contributed by atoms with Gasteiger partial charge in [-0.05, 0) is 36.1 Å². The molecule has 128 valence electrons. The van der Waals surface area contributed by atoms with E-state index in [1.54, 1.807) is 0 Å². The highest BCUT2D eigenvalue weighted by Gasteiger charge is 2.31. The molecule has 0 spiro atoms. The van der Waals surface area contributed by atoms with E-state index in [0.717, 1.165) is 31.9 Å². The van der Waals surface area contributed by atoms with Crippen molar-refractivity contribution in [3.05, 3.63) is 72.3 Å². The lowest BCUT2D eigenvalue weighted by Crippen LogP contribution is -2.20. The van der Waals surface area contributed by atoms with Gasteiger partial charge in [0.05, 0.1) is 19.3 Å². The minimum Gasteiger partial charge on any atom is -0.379 e. The molecule has 2 aromatic heterocycles. The van der Waals surface area contributed by atoms with Gasteiger partial charge in [-0.25, -0.2) is 4.98 Å². The van der Waals surface area contributed by atoms with Crippen LogP contribution in [0.3, 0.4) is 0 Å². The van der Waals surface area contributed by atoms with Gasteiger partial charge in [0.25, 0.3) is 0 Å². The van der Waals surface area contributed by atoms with E-state index in [1.807, 2.05) is 18.6 Å². The maximum absolute atomic E-state index is 5.85. The molecule has 2 atom stereocenters. The Labute approximate surface area is 148 Å². The van der Waals surface area contributed by atoms with Gasteiger partial charge < -0.3 is 9.30 Å². The molecule has 1 aliphatic heterocycles. The topological polar surface area (TPSA) is 39.9 Å². The summed E-state index contributed by atoms with van der Waals surface area (Å²) in [6, 6.07) is 13.1. The van der Waals surface area contributed by atoms with Crippen molar-refractivity contribution < 1.29 is 4.74 Å². The van der Waals surface area contributed by atoms with E-state index in [1.165, 1.54) is 16.7 Å². The zero-order valence-electron chi connectivity index (χ0n) is 14.5. The number of hydrogen-bond donors (Lipinski definition) is 0. The van der Waals surface area contributed by atoms with E-state index in [2.05, 4.69) is 64.1 Å². The average molecular weight is 333 g/mol. The Kier molecular flexibility index (Phi) is 4.61. The zero-order chi connectivity index (χ0) is 17.1. The first-order valence-corrected chi connectivity index (χ1v) is 8.94. The van der Waals surface area contributed by atoms with Crippen molar-refractivity contribution in [1.82, 2.24) is 14.5 Å². The summed E-state index contributed by atoms with van der Waals surface area (Å²) in [6.07, 6.45) is 9.73. The lowest BCUT2D eigenvalue weighted by Gasteiger charge is -2.22. The summed E-state index contributed by atoms with van der Waals surface area (Å²) in [4.78, 5) is 8.79. The Morgan fingerprint density at radius 2 is 1.92 bits per heavy atom. The standard InChI is InChI=1S/C21H23N3O/c1-2-17-5-3-4-6-19(17)21-23-11-12-24(21)20-15-25-14-18(20)13-16-7-9-22-10-8-16/h3-12,18,20H,2,13-15H2,1H3/t18-,20+/m0/s1. The maximum atomic E-state index is 5.85. The monoisotopic (exact) mass is 333 g/mol. The predicted molar refractivity (Wildman–Crippen MR) is 98.3 cm³/mol. The first-order valence-electron chi connectivity index (χ1n) is 8.94. The fourth-order valence-corrected chi connectivity index (χ4v) is 3.75. The highest BCUT2D eigenvalue weighted by molar-refractivity contribution is 5.61. The van der Waals surface area contributed by atoms with E-state index in [4.69, 9.17) is 4.74 Å². The summed E-state index contributed by atoms with van der Waals surface area (Å²) in [7, 11) is 0. The van der Waals surface area contributed by atoms with E-state index < -0.39 is 0 Å². The molecule has 0 bridgehead atoms. The van der Waals surface area contributed by atoms with Crippen molar-refractivity contribution in [3.63, 3.8) is 0 Å². The third kappa shape index (κ3) is 3.22. The van der Waals surface area contributed by atoms with Crippen molar-refractivity contribution in [2.45, 2.75) is 25.8 Å². The van der Waals surface area contributed by atoms with E-state index >= 15 is 0 Å². The molecule has 0 radical (unpaired) electrons. The van der Waals surface area contributed by atoms with Crippen molar-refractivity contribution in [3.8, 4) is 11.4 Å². The third-order valence-electron chi connectivity index (χ3n) is 5.08. The number of aromatic nitrogens is 3. The van der Waals surface area contributed by atoms with Gasteiger partial charge in [-0.2, -0.15) is 0 Å². The number of pyridine rings is 1. The molecule has 1 aromatic carbocycles. The Balaban J connectivity index is 1.65. The summed E-state index contributed by atoms with van der Waals surface area (Å²) in [6.45, 7) is 3.73. The smallest absolute Gasteiger partial charge is 0.140 e. The fourth-order valence-electron chi connectivity index (χ4n) is 3.75. The summed E-state index contributed by atoms with van der Waals surface area (Å²) < 4.78 is 8.16. The van der Waals surface area contributed by atoms with Crippen LogP contribution in [0.1, 0.15) is 24.1 Å². The van der Waals surface area contributed by atoms with E-state index in [9.17, 15) is 0 Å². The lowest BCUT2D eigenvalue weighted by molar-refractivity contribution is 0.181. The van der Waals surface area contributed by atoms with Crippen LogP contribution in [0.4, 0.5) is 0 Å². The van der Waals surface area contributed by atoms with Crippen LogP contribution in [-0.4, -0.2) is 27.7 Å². The molecule has 1 fully saturated rings. The highest BCUT2D eigenvalue weighted by atomic mass is 16.5. The van der Waals surface area contributed by atoms with Crippen LogP contribution < -0.4 is 0 Å². The van der Waals surface area contributed by atoms with Crippen molar-refractivity contribution in [2.75, 3.05) is 13.2 Å². The Hall–Kier alpha value is -2.46. The molecule has 25 heavy (non-hydrogen) atoms. The van der Waals surface area contributed by atoms with Crippen molar-refractivity contribution >= 4 is 0 Å². The molecule has 3 heterocycles. The first-order chi connectivity index (χ1) is 12.4. The quantitative estimate of drug-likeness (QED) is 0.710. The number of aryl methyl sites for hydroxylation is 1. The van der Waals surface area contributed by atoms with E-state index in [-0.39, 0.29) is 0 Å². The third-order valence-corrected chi connectivity index (χ3v) is 5.08. The van der Waals surface area contributed by atoms with Crippen LogP contribution in [-0.2, 0) is 17.6 Å². The Morgan fingerprint density at radius 1 is 1.08 bits per heavy atom. The van der Waals surface area contributed by atoms with Crippen molar-refractivity contribution in [2.24, 2.45) is 5.92 Å². The van der Waals surface area contributed by atoms with E-state index in [0.29, 0.717) is 12.0 Å². The van der Waals surface area contributed by atoms with Crippen LogP contribution in [0.25, 0.3) is 11.4 Å². The van der Waals surface area contributed by atoms with Crippen LogP contribution in [0, 0.1) is 5.92 Å². The molecule has 1 aliphatic rings. The van der Waals surface area contributed by atoms with Gasteiger partial charge in [0, 0.05) is 36.3 Å². The molecule has 0 N–H and O–H groups in total. The molecule has 0 saturated carbocycles. The second-order valence-electron chi connectivity index (χ2n) is 6.59. The lowest BCUT2D eigenvalue weighted by atomic mass is 9.94. The largest absolute Gasteiger partial charge is 0.379 e. The van der Waals surface area contributed by atoms with Gasteiger partial charge in [0.2, 0.25) is 0 Å². The highest BCUT2D eigenvalue weighted by Crippen LogP contribution is 2.33. The van der Waals surface area contributed by atoms with Gasteiger partial charge in [-0.1, -0.05) is 31.2 Å². The van der Waals surface area contributed by atoms with Gasteiger partial charge in [0.1, 0.15) is 5.82 Å². The first kappa shape index (κ1) is 16.0. The van der Waals surface area contributed by atoms with Crippen LogP contribution in [0.15, 0.2) is 61.2 Å². The molecule has 3 aromatic rings. The summed E-state index contributed by atoms with van der Waals surface area (Å²) in [5.74, 6) is 1.50. The second kappa shape index (κ2) is 7.19. The summed E-state index contributed by atoms with van der Waals surface area (Å²) in [5, 5.41) is 0. The van der Waals surface area contributed by atoms with Crippen molar-refractivity contribution in [1.29, 1.82) is 0 Å². The SMILES string of the molecule is CCc1ccccc1-c1nccn1[C@@H]1COC[C@@H]1Cc1ccncc1. The molecular weight excluding hydrogens is 310 g/mol. The molecule has 1 saturated heterocycles. The molecular formula is C21H23N3O. The minimum absolute atomic E-state index is 0.315. The Bertz CT molecular complexity index is 828. The van der Waals surface area contributed by atoms with Crippen LogP contribution >= 0.6 is 0 Å². The molecule has 4 nitrogen and oxygen atoms in total. The van der Waals surface area contributed by atoms with Gasteiger partial charge in [0.15, 0.2) is 0 Å². The predicted octanol–water partition coefficient (Wildman–Crippen LogP) is 3.94. The normalized spacial score (nSPS) is 20.0. The number of rotatable bonds is 5. The van der Waals surface area contributed by atoms with Gasteiger partial charge >= 0.3 is 0 Å². The molecule has 0 amide bonds. The minimum atomic E-state index is 0.315. The zero-order valence-corrected chi connectivity index (χ0v) is 14.5. The van der Waals surface area contributed by atoms with Gasteiger partial charge in [-0.3, -0.25) is 4.98 Å². The van der Waals surface area contributed by atoms with Gasteiger partial charge in [-0.15, -0.1) is 0 Å². The van der Waals surface area contributed by atoms with Crippen LogP contribution in [0.5, 0.6) is 0 Å². The maximum Gasteiger partial charge on any atom is 0.140 e. The fraction of sp³-hybridized carbons (Fsp3) is 0.333. The Morgan fingerprint density at radius 3 is 2.76 bits per heavy atom. The number of benzene rings is 1. The average Bonchev–Trinajstić information content (AvgIpc) is 3.31.